The zero-order valence-corrected chi connectivity index (χ0v) is 26.6. The molecule has 47 heavy (non-hydrogen) atoms. The van der Waals surface area contributed by atoms with Gasteiger partial charge in [0.2, 0.25) is 0 Å². The number of carbonyl (C=O) groups is 2. The van der Waals surface area contributed by atoms with Crippen molar-refractivity contribution in [1.29, 1.82) is 0 Å². The second kappa shape index (κ2) is 19.3. The number of phosphoric acid groups is 1. The minimum atomic E-state index is -4.42. The van der Waals surface area contributed by atoms with Gasteiger partial charge in [0.15, 0.2) is 6.04 Å². The summed E-state index contributed by atoms with van der Waals surface area (Å²) >= 11 is 0. The molecule has 0 spiro atoms. The Bertz CT molecular complexity index is 1530. The molecule has 1 amide bonds. The van der Waals surface area contributed by atoms with Crippen LogP contribution in [0.25, 0.3) is 0 Å². The molecule has 248 valence electrons. The molecule has 0 fully saturated rings. The normalized spacial score (nSPS) is 13.6. The van der Waals surface area contributed by atoms with Crippen molar-refractivity contribution in [3.63, 3.8) is 0 Å². The van der Waals surface area contributed by atoms with Gasteiger partial charge in [0, 0.05) is 0 Å². The van der Waals surface area contributed by atoms with Crippen molar-refractivity contribution in [1.82, 2.24) is 5.32 Å². The zero-order chi connectivity index (χ0) is 33.2. The lowest BCUT2D eigenvalue weighted by atomic mass is 10.2. The number of phosphoric ester groups is 1. The lowest BCUT2D eigenvalue weighted by Gasteiger charge is -2.23. The van der Waals surface area contributed by atoms with E-state index in [1.54, 1.807) is 72.8 Å². The highest BCUT2D eigenvalue weighted by Gasteiger charge is 2.33. The summed E-state index contributed by atoms with van der Waals surface area (Å²) < 4.78 is 47.1. The fourth-order valence-electron chi connectivity index (χ4n) is 4.03. The van der Waals surface area contributed by atoms with Gasteiger partial charge in [0.25, 0.3) is 0 Å². The van der Waals surface area contributed by atoms with Crippen molar-refractivity contribution < 1.29 is 47.0 Å². The van der Waals surface area contributed by atoms with E-state index in [0.29, 0.717) is 5.56 Å². The Morgan fingerprint density at radius 2 is 1.04 bits per heavy atom. The molecule has 0 aromatic heterocycles. The van der Waals surface area contributed by atoms with Crippen LogP contribution < -0.4 is 5.32 Å². The van der Waals surface area contributed by atoms with Crippen LogP contribution in [0.2, 0.25) is 0 Å². The Morgan fingerprint density at radius 3 is 1.55 bits per heavy atom. The molecule has 4 aromatic rings. The molecule has 3 atom stereocenters. The van der Waals surface area contributed by atoms with Gasteiger partial charge in [-0.3, -0.25) is 13.6 Å². The molecule has 0 bridgehead atoms. The van der Waals surface area contributed by atoms with Crippen molar-refractivity contribution in [2.45, 2.75) is 38.6 Å². The number of esters is 1. The molecule has 0 saturated heterocycles. The highest BCUT2D eigenvalue weighted by Crippen LogP contribution is 2.50. The fraction of sp³-hybridized carbons (Fsp3) is 0.257. The van der Waals surface area contributed by atoms with Crippen molar-refractivity contribution in [2.75, 3.05) is 19.8 Å². The molecule has 4 rings (SSSR count). The molecular formula is C35H38NO10P. The molecule has 0 saturated carbocycles. The van der Waals surface area contributed by atoms with Crippen molar-refractivity contribution in [2.24, 2.45) is 0 Å². The number of carbonyl (C=O) groups excluding carboxylic acids is 2. The summed E-state index contributed by atoms with van der Waals surface area (Å²) in [6.45, 7) is -1.54. The van der Waals surface area contributed by atoms with Gasteiger partial charge < -0.3 is 24.6 Å². The van der Waals surface area contributed by atoms with Crippen LogP contribution >= 0.6 is 7.82 Å². The number of rotatable bonds is 19. The third-order valence-corrected chi connectivity index (χ3v) is 7.97. The number of nitrogens with one attached hydrogen (secondary N) is 1. The predicted molar refractivity (Wildman–Crippen MR) is 173 cm³/mol. The molecular weight excluding hydrogens is 625 g/mol. The van der Waals surface area contributed by atoms with Gasteiger partial charge >= 0.3 is 19.9 Å². The third kappa shape index (κ3) is 13.1. The quantitative estimate of drug-likeness (QED) is 0.0913. The Morgan fingerprint density at radius 1 is 0.596 bits per heavy atom. The van der Waals surface area contributed by atoms with E-state index in [9.17, 15) is 19.3 Å². The van der Waals surface area contributed by atoms with E-state index < -0.39 is 45.2 Å². The average Bonchev–Trinajstić information content (AvgIpc) is 3.12. The molecule has 0 aliphatic carbocycles. The van der Waals surface area contributed by atoms with E-state index in [1.807, 2.05) is 48.5 Å². The summed E-state index contributed by atoms with van der Waals surface area (Å²) in [7, 11) is -4.42. The maximum Gasteiger partial charge on any atom is 0.475 e. The first-order chi connectivity index (χ1) is 22.9. The Hall–Kier alpha value is -4.35. The molecule has 0 radical (unpaired) electrons. The van der Waals surface area contributed by atoms with Crippen LogP contribution in [0.15, 0.2) is 121 Å². The topological polar surface area (TPSA) is 139 Å². The highest BCUT2D eigenvalue weighted by atomic mass is 31.2. The van der Waals surface area contributed by atoms with Crippen LogP contribution in [0.4, 0.5) is 4.79 Å². The number of ether oxygens (including phenoxy) is 3. The summed E-state index contributed by atoms with van der Waals surface area (Å²) in [4.78, 5) is 25.9. The monoisotopic (exact) mass is 663 g/mol. The van der Waals surface area contributed by atoms with E-state index >= 15 is 0 Å². The van der Waals surface area contributed by atoms with Gasteiger partial charge in [-0.2, -0.15) is 0 Å². The van der Waals surface area contributed by atoms with E-state index in [4.69, 9.17) is 27.8 Å². The summed E-state index contributed by atoms with van der Waals surface area (Å²) in [5, 5.41) is 12.3. The summed E-state index contributed by atoms with van der Waals surface area (Å²) in [5.41, 5.74) is 3.01. The molecule has 1 unspecified atom stereocenters. The van der Waals surface area contributed by atoms with Crippen LogP contribution in [0.1, 0.15) is 22.3 Å². The number of amides is 1. The Kier molecular flexibility index (Phi) is 14.6. The first-order valence-electron chi connectivity index (χ1n) is 14.9. The van der Waals surface area contributed by atoms with Crippen molar-refractivity contribution >= 4 is 19.9 Å². The molecule has 12 heteroatoms. The predicted octanol–water partition coefficient (Wildman–Crippen LogP) is 5.96. The fourth-order valence-corrected chi connectivity index (χ4v) is 5.24. The van der Waals surface area contributed by atoms with E-state index in [-0.39, 0.29) is 33.0 Å². The molecule has 4 aromatic carbocycles. The largest absolute Gasteiger partial charge is 0.475 e. The minimum Gasteiger partial charge on any atom is -0.459 e. The number of hydrogen-bond donors (Lipinski definition) is 2. The Balaban J connectivity index is 1.43. The number of hydrogen-bond acceptors (Lipinski definition) is 10. The standard InChI is InChI=1S/C35H38NO10P/c37-21-32(41-22-28-13-5-1-6-14-28)26-45-47(40,44-25-31-19-11-4-12-20-31)46-27-33(34(38)42-23-29-15-7-2-8-16-29)36-35(39)43-24-30-17-9-3-10-18-30/h1-20,32-33,37H,21-27H2,(H,36,39)/t32-,33-,47?/m0/s1. The van der Waals surface area contributed by atoms with Crippen molar-refractivity contribution in [3.05, 3.63) is 144 Å². The number of aliphatic hydroxyl groups excluding tert-OH is 1. The second-order valence-electron chi connectivity index (χ2n) is 10.3. The highest BCUT2D eigenvalue weighted by molar-refractivity contribution is 7.48. The SMILES string of the molecule is O=C(N[C@@H](COP(=O)(OCc1ccccc1)OC[C@H](CO)OCc1ccccc1)C(=O)OCc1ccccc1)OCc1ccccc1. The molecule has 0 aliphatic rings. The second-order valence-corrected chi connectivity index (χ2v) is 11.9. The van der Waals surface area contributed by atoms with Gasteiger partial charge in [0.05, 0.1) is 33.0 Å². The molecule has 11 nitrogen and oxygen atoms in total. The van der Waals surface area contributed by atoms with Gasteiger partial charge in [-0.05, 0) is 22.3 Å². The zero-order valence-electron chi connectivity index (χ0n) is 25.7. The summed E-state index contributed by atoms with van der Waals surface area (Å²) in [6, 6.07) is 34.7. The maximum absolute atomic E-state index is 13.9. The van der Waals surface area contributed by atoms with Crippen molar-refractivity contribution in [3.8, 4) is 0 Å². The summed E-state index contributed by atoms with van der Waals surface area (Å²) in [5.74, 6) is -0.862. The molecule has 0 heterocycles. The van der Waals surface area contributed by atoms with E-state index in [2.05, 4.69) is 5.32 Å². The van der Waals surface area contributed by atoms with Gasteiger partial charge in [-0.25, -0.2) is 14.2 Å². The smallest absolute Gasteiger partial charge is 0.459 e. The minimum absolute atomic E-state index is 0.0490. The summed E-state index contributed by atoms with van der Waals surface area (Å²) in [6.07, 6.45) is -1.79. The number of alkyl carbamates (subject to hydrolysis) is 1. The number of aliphatic hydroxyl groups is 1. The van der Waals surface area contributed by atoms with Gasteiger partial charge in [-0.15, -0.1) is 0 Å². The lowest BCUT2D eigenvalue weighted by molar-refractivity contribution is -0.148. The van der Waals surface area contributed by atoms with Gasteiger partial charge in [0.1, 0.15) is 19.3 Å². The van der Waals surface area contributed by atoms with Crippen LogP contribution in [0.3, 0.4) is 0 Å². The molecule has 2 N–H and O–H groups in total. The molecule has 0 aliphatic heterocycles. The first kappa shape index (κ1) is 35.5. The van der Waals surface area contributed by atoms with E-state index in [1.165, 1.54) is 0 Å². The van der Waals surface area contributed by atoms with Crippen LogP contribution in [0, 0.1) is 0 Å². The maximum atomic E-state index is 13.9. The average molecular weight is 664 g/mol. The van der Waals surface area contributed by atoms with Crippen LogP contribution in [-0.4, -0.2) is 49.1 Å². The lowest BCUT2D eigenvalue weighted by Crippen LogP contribution is -2.45. The van der Waals surface area contributed by atoms with Crippen LogP contribution in [-0.2, 0) is 63.6 Å². The van der Waals surface area contributed by atoms with Gasteiger partial charge in [-0.1, -0.05) is 121 Å². The Labute approximate surface area is 274 Å². The van der Waals surface area contributed by atoms with Crippen LogP contribution in [0.5, 0.6) is 0 Å². The number of benzene rings is 4. The third-order valence-electron chi connectivity index (χ3n) is 6.60. The first-order valence-corrected chi connectivity index (χ1v) is 16.4. The van der Waals surface area contributed by atoms with E-state index in [0.717, 1.165) is 16.7 Å².